The van der Waals surface area contributed by atoms with Crippen molar-refractivity contribution in [1.29, 1.82) is 0 Å². The number of hydrogen-bond donors (Lipinski definition) is 2. The highest BCUT2D eigenvalue weighted by Crippen LogP contribution is 2.19. The van der Waals surface area contributed by atoms with Gasteiger partial charge < -0.3 is 15.2 Å². The smallest absolute Gasteiger partial charge is 0.336 e. The molecule has 0 aliphatic carbocycles. The van der Waals surface area contributed by atoms with E-state index in [2.05, 4.69) is 10.3 Å². The molecule has 1 radical (unpaired) electrons. The summed E-state index contributed by atoms with van der Waals surface area (Å²) in [5, 5.41) is 4.14. The minimum Gasteiger partial charge on any atom is -0.361 e. The number of benzene rings is 1. The van der Waals surface area contributed by atoms with Gasteiger partial charge in [0.15, 0.2) is 5.78 Å². The number of ketones is 1. The van der Waals surface area contributed by atoms with Crippen LogP contribution < -0.4 is 11.1 Å². The molecule has 0 spiro atoms. The highest BCUT2D eigenvalue weighted by molar-refractivity contribution is 5.94. The third-order valence-electron chi connectivity index (χ3n) is 3.92. The summed E-state index contributed by atoms with van der Waals surface area (Å²) in [7, 11) is 0. The quantitative estimate of drug-likeness (QED) is 0.880. The van der Waals surface area contributed by atoms with E-state index in [9.17, 15) is 9.59 Å². The lowest BCUT2D eigenvalue weighted by molar-refractivity contribution is -0.123. The van der Waals surface area contributed by atoms with Crippen molar-refractivity contribution in [1.82, 2.24) is 20.9 Å². The van der Waals surface area contributed by atoms with Crippen LogP contribution in [0.4, 0.5) is 4.79 Å². The van der Waals surface area contributed by atoms with Crippen LogP contribution in [0, 0.1) is 0 Å². The molecule has 2 aromatic rings. The minimum atomic E-state index is -0.784. The van der Waals surface area contributed by atoms with Crippen LogP contribution in [-0.2, 0) is 11.2 Å². The Bertz CT molecular complexity index is 679. The van der Waals surface area contributed by atoms with E-state index in [0.29, 0.717) is 19.6 Å². The summed E-state index contributed by atoms with van der Waals surface area (Å²) in [4.78, 5) is 28.3. The van der Waals surface area contributed by atoms with E-state index in [4.69, 9.17) is 5.73 Å². The fourth-order valence-corrected chi connectivity index (χ4v) is 2.82. The van der Waals surface area contributed by atoms with Crippen LogP contribution >= 0.6 is 0 Å². The summed E-state index contributed by atoms with van der Waals surface area (Å²) >= 11 is 0. The van der Waals surface area contributed by atoms with E-state index in [0.717, 1.165) is 16.5 Å². The third-order valence-corrected chi connectivity index (χ3v) is 3.92. The number of urea groups is 1. The fourth-order valence-electron chi connectivity index (χ4n) is 2.82. The van der Waals surface area contributed by atoms with Crippen molar-refractivity contribution in [2.75, 3.05) is 19.6 Å². The predicted octanol–water partition coefficient (Wildman–Crippen LogP) is 0.956. The molecule has 3 N–H and O–H groups in total. The van der Waals surface area contributed by atoms with Gasteiger partial charge in [0.2, 0.25) is 0 Å². The van der Waals surface area contributed by atoms with Crippen molar-refractivity contribution in [3.05, 3.63) is 36.0 Å². The molecule has 109 valence electrons. The lowest BCUT2D eigenvalue weighted by Crippen LogP contribution is -2.57. The molecule has 1 atom stereocenters. The Balaban J connectivity index is 1.80. The van der Waals surface area contributed by atoms with Crippen molar-refractivity contribution in [3.8, 4) is 0 Å². The molecule has 2 amide bonds. The van der Waals surface area contributed by atoms with Crippen LogP contribution in [0.5, 0.6) is 0 Å². The van der Waals surface area contributed by atoms with E-state index in [-0.39, 0.29) is 12.2 Å². The number of piperazine rings is 1. The number of nitrogens with zero attached hydrogens (tertiary/aromatic N) is 1. The number of Topliss-reactive ketones (excluding diaryl/α,β-unsaturated/α-hetero) is 1. The van der Waals surface area contributed by atoms with Gasteiger partial charge in [-0.3, -0.25) is 4.79 Å². The van der Waals surface area contributed by atoms with Gasteiger partial charge in [-0.05, 0) is 11.6 Å². The molecule has 1 aliphatic rings. The van der Waals surface area contributed by atoms with E-state index < -0.39 is 12.1 Å². The number of H-pyrrole nitrogens is 1. The summed E-state index contributed by atoms with van der Waals surface area (Å²) < 4.78 is 0. The van der Waals surface area contributed by atoms with Crippen molar-refractivity contribution in [3.63, 3.8) is 0 Å². The van der Waals surface area contributed by atoms with Crippen molar-refractivity contribution >= 4 is 22.7 Å². The number of carbonyl (C=O) groups is 2. The van der Waals surface area contributed by atoms with Gasteiger partial charge in [-0.1, -0.05) is 18.2 Å². The first-order valence-electron chi connectivity index (χ1n) is 6.97. The SMILES string of the molecule is [NH]C(=O)N1CCNCC1C(=O)Cc1c[nH]c2ccccc12. The van der Waals surface area contributed by atoms with Gasteiger partial charge in [0.1, 0.15) is 6.04 Å². The third kappa shape index (κ3) is 2.62. The fraction of sp³-hybridized carbons (Fsp3) is 0.333. The zero-order valence-electron chi connectivity index (χ0n) is 11.6. The van der Waals surface area contributed by atoms with Gasteiger partial charge in [0.25, 0.3) is 0 Å². The number of amides is 2. The van der Waals surface area contributed by atoms with E-state index in [1.54, 1.807) is 0 Å². The second-order valence-corrected chi connectivity index (χ2v) is 5.22. The molecule has 1 aliphatic heterocycles. The van der Waals surface area contributed by atoms with Gasteiger partial charge in [0.05, 0.1) is 0 Å². The Morgan fingerprint density at radius 3 is 2.95 bits per heavy atom. The monoisotopic (exact) mass is 285 g/mol. The Labute approximate surface area is 122 Å². The number of aromatic nitrogens is 1. The number of para-hydroxylation sites is 1. The Morgan fingerprint density at radius 1 is 1.33 bits per heavy atom. The minimum absolute atomic E-state index is 0.0347. The second-order valence-electron chi connectivity index (χ2n) is 5.22. The van der Waals surface area contributed by atoms with E-state index in [1.807, 2.05) is 30.5 Å². The maximum absolute atomic E-state index is 12.5. The van der Waals surface area contributed by atoms with Gasteiger partial charge in [-0.25, -0.2) is 10.5 Å². The number of hydrogen-bond acceptors (Lipinski definition) is 3. The molecule has 3 rings (SSSR count). The molecule has 0 bridgehead atoms. The molecule has 6 nitrogen and oxygen atoms in total. The molecule has 6 heteroatoms. The zero-order chi connectivity index (χ0) is 14.8. The maximum Gasteiger partial charge on any atom is 0.336 e. The first-order valence-corrected chi connectivity index (χ1v) is 6.97. The topological polar surface area (TPSA) is 89.0 Å². The summed E-state index contributed by atoms with van der Waals surface area (Å²) in [6.07, 6.45) is 2.10. The van der Waals surface area contributed by atoms with Crippen LogP contribution in [0.3, 0.4) is 0 Å². The van der Waals surface area contributed by atoms with Crippen molar-refractivity contribution < 1.29 is 9.59 Å². The number of fused-ring (bicyclic) bond motifs is 1. The molecule has 2 heterocycles. The highest BCUT2D eigenvalue weighted by Gasteiger charge is 2.31. The standard InChI is InChI=1S/C15H17N4O2/c16-15(21)19-6-5-17-9-13(19)14(20)7-10-8-18-12-4-2-1-3-11(10)12/h1-4,8,13,16-18H,5-7,9H2. The molecule has 0 saturated carbocycles. The van der Waals surface area contributed by atoms with E-state index >= 15 is 0 Å². The average molecular weight is 285 g/mol. The molecule has 1 aromatic heterocycles. The maximum atomic E-state index is 12.5. The van der Waals surface area contributed by atoms with E-state index in [1.165, 1.54) is 4.90 Å². The molecule has 1 unspecified atom stereocenters. The van der Waals surface area contributed by atoms with Gasteiger partial charge >= 0.3 is 6.03 Å². The molecule has 1 fully saturated rings. The van der Waals surface area contributed by atoms with Gasteiger partial charge in [-0.15, -0.1) is 0 Å². The average Bonchev–Trinajstić information content (AvgIpc) is 2.90. The lowest BCUT2D eigenvalue weighted by Gasteiger charge is -2.33. The number of nitrogens with one attached hydrogen (secondary N) is 3. The molecule has 1 saturated heterocycles. The predicted molar refractivity (Wildman–Crippen MR) is 78.9 cm³/mol. The first-order chi connectivity index (χ1) is 10.2. The van der Waals surface area contributed by atoms with Crippen LogP contribution in [0.2, 0.25) is 0 Å². The first kappa shape index (κ1) is 13.6. The number of carbonyl (C=O) groups excluding carboxylic acids is 2. The normalized spacial score (nSPS) is 18.9. The summed E-state index contributed by atoms with van der Waals surface area (Å²) in [5.41, 5.74) is 9.20. The van der Waals surface area contributed by atoms with Crippen LogP contribution in [0.15, 0.2) is 30.5 Å². The second kappa shape index (κ2) is 5.57. The Kier molecular flexibility index (Phi) is 3.62. The van der Waals surface area contributed by atoms with Gasteiger partial charge in [0, 0.05) is 43.2 Å². The lowest BCUT2D eigenvalue weighted by atomic mass is 10.0. The molecular weight excluding hydrogens is 268 g/mol. The summed E-state index contributed by atoms with van der Waals surface area (Å²) in [5.74, 6) is -0.0347. The van der Waals surface area contributed by atoms with Crippen LogP contribution in [-0.4, -0.2) is 47.4 Å². The Hall–Kier alpha value is -2.34. The van der Waals surface area contributed by atoms with Crippen molar-refractivity contribution in [2.45, 2.75) is 12.5 Å². The Morgan fingerprint density at radius 2 is 2.14 bits per heavy atom. The summed E-state index contributed by atoms with van der Waals surface area (Å²) in [6, 6.07) is 6.49. The van der Waals surface area contributed by atoms with Crippen LogP contribution in [0.1, 0.15) is 5.56 Å². The highest BCUT2D eigenvalue weighted by atomic mass is 16.2. The van der Waals surface area contributed by atoms with Gasteiger partial charge in [-0.2, -0.15) is 0 Å². The summed E-state index contributed by atoms with van der Waals surface area (Å²) in [6.45, 7) is 1.46. The molecule has 21 heavy (non-hydrogen) atoms. The molecule has 1 aromatic carbocycles. The molecular formula is C15H17N4O2. The number of rotatable bonds is 3. The van der Waals surface area contributed by atoms with Crippen molar-refractivity contribution in [2.24, 2.45) is 0 Å². The zero-order valence-corrected chi connectivity index (χ0v) is 11.6. The number of aromatic amines is 1. The van der Waals surface area contributed by atoms with Crippen LogP contribution in [0.25, 0.3) is 10.9 Å². The largest absolute Gasteiger partial charge is 0.361 e.